The summed E-state index contributed by atoms with van der Waals surface area (Å²) in [6, 6.07) is 10.6. The number of nitrogens with zero attached hydrogens (tertiary/aromatic N) is 3. The highest BCUT2D eigenvalue weighted by atomic mass is 32.2. The van der Waals surface area contributed by atoms with Crippen LogP contribution in [0, 0.1) is 11.8 Å². The monoisotopic (exact) mass is 360 g/mol. The van der Waals surface area contributed by atoms with Crippen molar-refractivity contribution in [2.75, 3.05) is 19.6 Å². The molecule has 1 aromatic carbocycles. The summed E-state index contributed by atoms with van der Waals surface area (Å²) in [6.07, 6.45) is 4.48. The Morgan fingerprint density at radius 3 is 2.64 bits per heavy atom. The van der Waals surface area contributed by atoms with Gasteiger partial charge in [0.1, 0.15) is 0 Å². The first-order valence-corrected chi connectivity index (χ1v) is 10.4. The first-order chi connectivity index (χ1) is 12.1. The molecule has 25 heavy (non-hydrogen) atoms. The number of fused-ring (bicyclic) bond motifs is 1. The summed E-state index contributed by atoms with van der Waals surface area (Å²) in [5, 5.41) is 4.41. The third kappa shape index (κ3) is 4.11. The fourth-order valence-corrected chi connectivity index (χ4v) is 4.60. The molecule has 0 amide bonds. The molecular formula is C18H24N4O2S. The van der Waals surface area contributed by atoms with E-state index in [1.165, 1.54) is 18.5 Å². The van der Waals surface area contributed by atoms with Crippen LogP contribution in [0.3, 0.4) is 0 Å². The van der Waals surface area contributed by atoms with Crippen molar-refractivity contribution >= 4 is 10.0 Å². The molecule has 1 atom stereocenters. The Morgan fingerprint density at radius 2 is 1.88 bits per heavy atom. The van der Waals surface area contributed by atoms with E-state index in [0.717, 1.165) is 32.1 Å². The van der Waals surface area contributed by atoms with E-state index in [4.69, 9.17) is 0 Å². The first-order valence-electron chi connectivity index (χ1n) is 8.88. The van der Waals surface area contributed by atoms with Gasteiger partial charge in [-0.25, -0.2) is 13.1 Å². The minimum atomic E-state index is -3.46. The Balaban J connectivity index is 1.45. The van der Waals surface area contributed by atoms with E-state index < -0.39 is 10.0 Å². The Hall–Kier alpha value is -1.70. The van der Waals surface area contributed by atoms with E-state index in [-0.39, 0.29) is 5.92 Å². The van der Waals surface area contributed by atoms with E-state index in [2.05, 4.69) is 20.8 Å². The van der Waals surface area contributed by atoms with Gasteiger partial charge in [0, 0.05) is 44.8 Å². The minimum Gasteiger partial charge on any atom is -0.297 e. The number of aromatic nitrogens is 2. The molecule has 2 aromatic rings. The summed E-state index contributed by atoms with van der Waals surface area (Å²) < 4.78 is 29.8. The maximum absolute atomic E-state index is 12.5. The third-order valence-electron chi connectivity index (χ3n) is 4.97. The molecule has 1 N–H and O–H groups in total. The summed E-state index contributed by atoms with van der Waals surface area (Å²) in [5.41, 5.74) is 1.22. The first kappa shape index (κ1) is 16.8. The van der Waals surface area contributed by atoms with Gasteiger partial charge in [0.2, 0.25) is 10.0 Å². The third-order valence-corrected chi connectivity index (χ3v) is 6.41. The predicted octanol–water partition coefficient (Wildman–Crippen LogP) is 1.70. The fourth-order valence-electron chi connectivity index (χ4n) is 3.46. The van der Waals surface area contributed by atoms with Crippen molar-refractivity contribution in [2.24, 2.45) is 11.8 Å². The fraction of sp³-hybridized carbons (Fsp3) is 0.500. The quantitative estimate of drug-likeness (QED) is 0.851. The largest absolute Gasteiger partial charge is 0.297 e. The summed E-state index contributed by atoms with van der Waals surface area (Å²) in [5.74, 6) is 1.02. The number of benzene rings is 1. The van der Waals surface area contributed by atoms with Crippen molar-refractivity contribution in [1.29, 1.82) is 0 Å². The van der Waals surface area contributed by atoms with Crippen molar-refractivity contribution in [1.82, 2.24) is 19.4 Å². The zero-order valence-corrected chi connectivity index (χ0v) is 15.0. The Labute approximate surface area is 148 Å². The molecule has 1 fully saturated rings. The molecule has 1 unspecified atom stereocenters. The van der Waals surface area contributed by atoms with Gasteiger partial charge in [-0.1, -0.05) is 18.2 Å². The topological polar surface area (TPSA) is 67.2 Å². The van der Waals surface area contributed by atoms with E-state index >= 15 is 0 Å². The van der Waals surface area contributed by atoms with Crippen LogP contribution in [0.5, 0.6) is 0 Å². The maximum atomic E-state index is 12.5. The number of rotatable bonds is 6. The zero-order valence-electron chi connectivity index (χ0n) is 14.2. The Bertz CT molecular complexity index is 815. The van der Waals surface area contributed by atoms with Gasteiger partial charge < -0.3 is 0 Å². The van der Waals surface area contributed by atoms with Crippen LogP contribution in [0.15, 0.2) is 47.5 Å². The summed E-state index contributed by atoms with van der Waals surface area (Å²) >= 11 is 0. The molecule has 1 saturated carbocycles. The number of nitrogens with one attached hydrogen (secondary N) is 1. The average Bonchev–Trinajstić information content (AvgIpc) is 3.35. The van der Waals surface area contributed by atoms with E-state index in [0.29, 0.717) is 11.4 Å². The lowest BCUT2D eigenvalue weighted by Gasteiger charge is -2.24. The second kappa shape index (κ2) is 6.90. The van der Waals surface area contributed by atoms with Gasteiger partial charge in [-0.15, -0.1) is 0 Å². The number of hydrogen-bond acceptors (Lipinski definition) is 4. The molecule has 1 aliphatic heterocycles. The highest BCUT2D eigenvalue weighted by Gasteiger charge is 2.29. The molecule has 134 valence electrons. The second-order valence-electron chi connectivity index (χ2n) is 7.17. The summed E-state index contributed by atoms with van der Waals surface area (Å²) in [4.78, 5) is 2.78. The molecule has 4 rings (SSSR count). The van der Waals surface area contributed by atoms with E-state index in [1.54, 1.807) is 24.3 Å². The second-order valence-corrected chi connectivity index (χ2v) is 8.94. The van der Waals surface area contributed by atoms with Crippen LogP contribution >= 0.6 is 0 Å². The normalized spacial score (nSPS) is 21.7. The van der Waals surface area contributed by atoms with Gasteiger partial charge in [-0.3, -0.25) is 9.58 Å². The van der Waals surface area contributed by atoms with Crippen LogP contribution in [0.1, 0.15) is 18.5 Å². The van der Waals surface area contributed by atoms with Gasteiger partial charge in [0.15, 0.2) is 0 Å². The van der Waals surface area contributed by atoms with Crippen molar-refractivity contribution < 1.29 is 8.42 Å². The van der Waals surface area contributed by atoms with Crippen LogP contribution < -0.4 is 4.72 Å². The number of hydrogen-bond donors (Lipinski definition) is 1. The van der Waals surface area contributed by atoms with Crippen LogP contribution in [0.2, 0.25) is 0 Å². The van der Waals surface area contributed by atoms with Gasteiger partial charge in [-0.05, 0) is 37.0 Å². The van der Waals surface area contributed by atoms with Crippen molar-refractivity contribution in [3.63, 3.8) is 0 Å². The van der Waals surface area contributed by atoms with Crippen molar-refractivity contribution in [2.45, 2.75) is 30.8 Å². The van der Waals surface area contributed by atoms with Crippen LogP contribution in [0.25, 0.3) is 0 Å². The lowest BCUT2D eigenvalue weighted by Crippen LogP contribution is -2.37. The summed E-state index contributed by atoms with van der Waals surface area (Å²) in [7, 11) is -3.46. The molecular weight excluding hydrogens is 336 g/mol. The molecule has 1 aromatic heterocycles. The van der Waals surface area contributed by atoms with Crippen LogP contribution in [-0.4, -0.2) is 42.7 Å². The molecule has 2 heterocycles. The van der Waals surface area contributed by atoms with Gasteiger partial charge in [-0.2, -0.15) is 5.10 Å². The van der Waals surface area contributed by atoms with Gasteiger partial charge in [0.25, 0.3) is 0 Å². The lowest BCUT2D eigenvalue weighted by atomic mass is 10.1. The maximum Gasteiger partial charge on any atom is 0.240 e. The predicted molar refractivity (Wildman–Crippen MR) is 95.3 cm³/mol. The van der Waals surface area contributed by atoms with E-state index in [1.807, 2.05) is 16.9 Å². The SMILES string of the molecule is O=S(=O)(NCC1CN(CC2CC2)Cc2ccnn2C1)c1ccccc1. The Kier molecular flexibility index (Phi) is 4.62. The zero-order chi connectivity index (χ0) is 17.3. The Morgan fingerprint density at radius 1 is 1.08 bits per heavy atom. The molecule has 1 aliphatic carbocycles. The molecule has 0 spiro atoms. The van der Waals surface area contributed by atoms with Crippen molar-refractivity contribution in [3.8, 4) is 0 Å². The summed E-state index contributed by atoms with van der Waals surface area (Å²) in [6.45, 7) is 4.08. The minimum absolute atomic E-state index is 0.207. The highest BCUT2D eigenvalue weighted by molar-refractivity contribution is 7.89. The molecule has 0 radical (unpaired) electrons. The van der Waals surface area contributed by atoms with Crippen LogP contribution in [-0.2, 0) is 23.1 Å². The molecule has 0 saturated heterocycles. The average molecular weight is 360 g/mol. The standard InChI is InChI=1S/C18H24N4O2S/c23-25(24,18-4-2-1-3-5-18)20-10-16-12-21(11-15-6-7-15)14-17-8-9-19-22(17)13-16/h1-5,8-9,15-16,20H,6-7,10-14H2. The molecule has 7 heteroatoms. The molecule has 2 aliphatic rings. The number of sulfonamides is 1. The van der Waals surface area contributed by atoms with Gasteiger partial charge in [0.05, 0.1) is 10.6 Å². The lowest BCUT2D eigenvalue weighted by molar-refractivity contribution is 0.221. The smallest absolute Gasteiger partial charge is 0.240 e. The van der Waals surface area contributed by atoms with Crippen LogP contribution in [0.4, 0.5) is 0 Å². The highest BCUT2D eigenvalue weighted by Crippen LogP contribution is 2.31. The van der Waals surface area contributed by atoms with Gasteiger partial charge >= 0.3 is 0 Å². The molecule has 0 bridgehead atoms. The van der Waals surface area contributed by atoms with E-state index in [9.17, 15) is 8.42 Å². The molecule has 6 nitrogen and oxygen atoms in total. The van der Waals surface area contributed by atoms with Crippen molar-refractivity contribution in [3.05, 3.63) is 48.3 Å².